The fraction of sp³-hybridized carbons (Fsp3) is 0.455. The molecule has 10 heteroatoms. The number of thioether (sulfide) groups is 1. The summed E-state index contributed by atoms with van der Waals surface area (Å²) in [7, 11) is -6.73. The molecule has 4 N–H and O–H groups in total. The Morgan fingerprint density at radius 1 is 1.10 bits per heavy atom. The molecule has 0 spiro atoms. The fourth-order valence-corrected chi connectivity index (χ4v) is 4.26. The predicted octanol–water partition coefficient (Wildman–Crippen LogP) is -0.170. The zero-order valence-corrected chi connectivity index (χ0v) is 14.0. The number of hydrogen-bond donors (Lipinski definition) is 3. The number of rotatable bonds is 9. The average Bonchev–Trinajstić information content (AvgIpc) is 2.36. The maximum atomic E-state index is 11.7. The highest BCUT2D eigenvalue weighted by Gasteiger charge is 2.10. The molecule has 0 aromatic heterocycles. The van der Waals surface area contributed by atoms with E-state index in [9.17, 15) is 16.8 Å². The molecule has 0 unspecified atom stereocenters. The van der Waals surface area contributed by atoms with E-state index in [1.54, 1.807) is 6.07 Å². The van der Waals surface area contributed by atoms with Crippen LogP contribution in [0.3, 0.4) is 0 Å². The molecule has 1 aromatic carbocycles. The highest BCUT2D eigenvalue weighted by Crippen LogP contribution is 2.24. The van der Waals surface area contributed by atoms with Crippen LogP contribution in [-0.2, 0) is 20.0 Å². The lowest BCUT2D eigenvalue weighted by atomic mass is 10.3. The number of anilines is 1. The van der Waals surface area contributed by atoms with Crippen LogP contribution >= 0.6 is 11.8 Å². The maximum Gasteiger partial charge on any atom is 0.212 e. The van der Waals surface area contributed by atoms with Crippen molar-refractivity contribution in [2.24, 2.45) is 0 Å². The molecule has 0 saturated heterocycles. The second kappa shape index (κ2) is 7.99. The van der Waals surface area contributed by atoms with Crippen LogP contribution in [0.5, 0.6) is 0 Å². The van der Waals surface area contributed by atoms with E-state index < -0.39 is 20.0 Å². The molecule has 0 heterocycles. The summed E-state index contributed by atoms with van der Waals surface area (Å²) in [5, 5.41) is 0. The molecule has 120 valence electrons. The summed E-state index contributed by atoms with van der Waals surface area (Å²) in [6.07, 6.45) is 1.02. The zero-order chi connectivity index (χ0) is 15.9. The van der Waals surface area contributed by atoms with E-state index in [0.29, 0.717) is 11.4 Å². The van der Waals surface area contributed by atoms with Gasteiger partial charge in [0.1, 0.15) is 0 Å². The summed E-state index contributed by atoms with van der Waals surface area (Å²) in [5.74, 6) is 0.300. The second-order valence-corrected chi connectivity index (χ2v) is 9.16. The van der Waals surface area contributed by atoms with Crippen LogP contribution in [0, 0.1) is 0 Å². The minimum atomic E-state index is -3.43. The first-order valence-electron chi connectivity index (χ1n) is 6.09. The third kappa shape index (κ3) is 8.27. The van der Waals surface area contributed by atoms with Gasteiger partial charge in [0, 0.05) is 29.4 Å². The molecule has 0 radical (unpaired) electrons. The monoisotopic (exact) mass is 353 g/mol. The standard InChI is InChI=1S/C11H19N3O4S3/c1-20(15,16)13-6-7-14-21(17,18)9-8-19-11-5-3-2-4-10(11)12/h2-5,13-14H,6-9,12H2,1H3. The van der Waals surface area contributed by atoms with Crippen molar-refractivity contribution in [1.29, 1.82) is 0 Å². The zero-order valence-electron chi connectivity index (χ0n) is 11.6. The van der Waals surface area contributed by atoms with Crippen molar-refractivity contribution in [2.75, 3.05) is 36.6 Å². The first-order chi connectivity index (χ1) is 9.70. The Balaban J connectivity index is 2.32. The van der Waals surface area contributed by atoms with E-state index in [2.05, 4.69) is 9.44 Å². The number of nitrogen functional groups attached to an aromatic ring is 1. The van der Waals surface area contributed by atoms with Gasteiger partial charge in [0.15, 0.2) is 0 Å². The molecule has 1 aromatic rings. The minimum absolute atomic E-state index is 0.0214. The van der Waals surface area contributed by atoms with Crippen LogP contribution in [0.1, 0.15) is 0 Å². The lowest BCUT2D eigenvalue weighted by Crippen LogP contribution is -2.35. The van der Waals surface area contributed by atoms with Gasteiger partial charge in [-0.3, -0.25) is 0 Å². The highest BCUT2D eigenvalue weighted by atomic mass is 32.2. The first kappa shape index (κ1) is 18.2. The maximum absolute atomic E-state index is 11.7. The van der Waals surface area contributed by atoms with E-state index in [4.69, 9.17) is 5.73 Å². The van der Waals surface area contributed by atoms with Gasteiger partial charge in [0.25, 0.3) is 0 Å². The van der Waals surface area contributed by atoms with Crippen molar-refractivity contribution in [3.05, 3.63) is 24.3 Å². The molecule has 1 rings (SSSR count). The summed E-state index contributed by atoms with van der Waals surface area (Å²) in [6.45, 7) is 0.0460. The Bertz CT molecular complexity index is 659. The number of hydrogen-bond acceptors (Lipinski definition) is 6. The van der Waals surface area contributed by atoms with E-state index in [0.717, 1.165) is 11.2 Å². The lowest BCUT2D eigenvalue weighted by molar-refractivity contribution is 0.574. The Hall–Kier alpha value is -0.810. The number of benzene rings is 1. The molecule has 0 aliphatic carbocycles. The van der Waals surface area contributed by atoms with E-state index in [-0.39, 0.29) is 18.8 Å². The molecule has 0 aliphatic rings. The van der Waals surface area contributed by atoms with Gasteiger partial charge in [0.05, 0.1) is 12.0 Å². The van der Waals surface area contributed by atoms with Crippen LogP contribution in [0.2, 0.25) is 0 Å². The normalized spacial score (nSPS) is 12.4. The predicted molar refractivity (Wildman–Crippen MR) is 86.2 cm³/mol. The summed E-state index contributed by atoms with van der Waals surface area (Å²) < 4.78 is 49.6. The molecule has 0 fully saturated rings. The first-order valence-corrected chi connectivity index (χ1v) is 10.6. The van der Waals surface area contributed by atoms with Crippen molar-refractivity contribution >= 4 is 37.5 Å². The van der Waals surface area contributed by atoms with Crippen molar-refractivity contribution in [3.63, 3.8) is 0 Å². The van der Waals surface area contributed by atoms with Gasteiger partial charge >= 0.3 is 0 Å². The second-order valence-electron chi connectivity index (χ2n) is 4.27. The quantitative estimate of drug-likeness (QED) is 0.322. The SMILES string of the molecule is CS(=O)(=O)NCCNS(=O)(=O)CCSc1ccccc1N. The van der Waals surface area contributed by atoms with Gasteiger partial charge in [-0.2, -0.15) is 0 Å². The van der Waals surface area contributed by atoms with Gasteiger partial charge in [0.2, 0.25) is 20.0 Å². The van der Waals surface area contributed by atoms with Crippen molar-refractivity contribution in [2.45, 2.75) is 4.90 Å². The summed E-state index contributed by atoms with van der Waals surface area (Å²) >= 11 is 1.36. The lowest BCUT2D eigenvalue weighted by Gasteiger charge is -2.08. The van der Waals surface area contributed by atoms with E-state index in [1.165, 1.54) is 11.8 Å². The Kier molecular flexibility index (Phi) is 6.94. The van der Waals surface area contributed by atoms with Crippen LogP contribution in [0.15, 0.2) is 29.2 Å². The molecule has 0 bridgehead atoms. The van der Waals surface area contributed by atoms with Crippen molar-refractivity contribution in [1.82, 2.24) is 9.44 Å². The largest absolute Gasteiger partial charge is 0.398 e. The summed E-state index contributed by atoms with van der Waals surface area (Å²) in [6, 6.07) is 7.23. The van der Waals surface area contributed by atoms with Gasteiger partial charge in [-0.05, 0) is 12.1 Å². The topological polar surface area (TPSA) is 118 Å². The molecule has 0 atom stereocenters. The van der Waals surface area contributed by atoms with Gasteiger partial charge in [-0.1, -0.05) is 12.1 Å². The van der Waals surface area contributed by atoms with Crippen LogP contribution in [0.4, 0.5) is 5.69 Å². The summed E-state index contributed by atoms with van der Waals surface area (Å²) in [4.78, 5) is 0.839. The Morgan fingerprint density at radius 2 is 1.71 bits per heavy atom. The summed E-state index contributed by atoms with van der Waals surface area (Å²) in [5.41, 5.74) is 6.37. The number of para-hydroxylation sites is 1. The fourth-order valence-electron chi connectivity index (χ4n) is 1.39. The van der Waals surface area contributed by atoms with Crippen LogP contribution in [0.25, 0.3) is 0 Å². The van der Waals surface area contributed by atoms with Gasteiger partial charge < -0.3 is 5.73 Å². The molecule has 0 aliphatic heterocycles. The van der Waals surface area contributed by atoms with Crippen molar-refractivity contribution in [3.8, 4) is 0 Å². The van der Waals surface area contributed by atoms with Crippen LogP contribution in [-0.4, -0.2) is 47.7 Å². The Labute approximate surface area is 129 Å². The molecule has 0 amide bonds. The van der Waals surface area contributed by atoms with Gasteiger partial charge in [-0.15, -0.1) is 11.8 Å². The van der Waals surface area contributed by atoms with E-state index >= 15 is 0 Å². The third-order valence-electron chi connectivity index (χ3n) is 2.34. The van der Waals surface area contributed by atoms with Crippen LogP contribution < -0.4 is 15.2 Å². The smallest absolute Gasteiger partial charge is 0.212 e. The number of sulfonamides is 2. The molecule has 21 heavy (non-hydrogen) atoms. The number of nitrogens with one attached hydrogen (secondary N) is 2. The average molecular weight is 353 g/mol. The molecule has 7 nitrogen and oxygen atoms in total. The molecule has 0 saturated carbocycles. The Morgan fingerprint density at radius 3 is 2.33 bits per heavy atom. The van der Waals surface area contributed by atoms with Gasteiger partial charge in [-0.25, -0.2) is 26.3 Å². The number of nitrogens with two attached hydrogens (primary N) is 1. The molecular formula is C11H19N3O4S3. The van der Waals surface area contributed by atoms with Crippen molar-refractivity contribution < 1.29 is 16.8 Å². The highest BCUT2D eigenvalue weighted by molar-refractivity contribution is 8.00. The molecular weight excluding hydrogens is 334 g/mol. The van der Waals surface area contributed by atoms with E-state index in [1.807, 2.05) is 18.2 Å². The minimum Gasteiger partial charge on any atom is -0.398 e. The third-order valence-corrected chi connectivity index (χ3v) is 5.80.